The van der Waals surface area contributed by atoms with E-state index in [2.05, 4.69) is 20.9 Å². The van der Waals surface area contributed by atoms with E-state index >= 15 is 0 Å². The van der Waals surface area contributed by atoms with Gasteiger partial charge in [-0.2, -0.15) is 0 Å². The lowest BCUT2D eigenvalue weighted by molar-refractivity contribution is 0.0346. The molecule has 3 N–H and O–H groups in total. The van der Waals surface area contributed by atoms with Crippen LogP contribution in [0.5, 0.6) is 0 Å². The van der Waals surface area contributed by atoms with Gasteiger partial charge in [-0.3, -0.25) is 4.90 Å². The molecule has 238 valence electrons. The number of nitrogens with one attached hydrogen (secondary N) is 3. The summed E-state index contributed by atoms with van der Waals surface area (Å²) >= 11 is 0. The second-order valence-corrected chi connectivity index (χ2v) is 10.5. The molecule has 0 fully saturated rings. The van der Waals surface area contributed by atoms with Crippen molar-refractivity contribution in [1.82, 2.24) is 20.9 Å². The number of nitrogens with zero attached hydrogens (tertiary/aromatic N) is 1. The van der Waals surface area contributed by atoms with Crippen molar-refractivity contribution < 1.29 is 38.1 Å². The van der Waals surface area contributed by atoms with Gasteiger partial charge in [-0.1, -0.05) is 60.7 Å². The zero-order valence-electron chi connectivity index (χ0n) is 25.5. The molecule has 12 heteroatoms. The van der Waals surface area contributed by atoms with Gasteiger partial charge in [-0.15, -0.1) is 0 Å². The summed E-state index contributed by atoms with van der Waals surface area (Å²) < 4.78 is 26.9. The molecule has 0 aliphatic heterocycles. The van der Waals surface area contributed by atoms with Gasteiger partial charge >= 0.3 is 18.3 Å². The van der Waals surface area contributed by atoms with Crippen LogP contribution >= 0.6 is 0 Å². The van der Waals surface area contributed by atoms with Gasteiger partial charge < -0.3 is 39.6 Å². The Kier molecular flexibility index (Phi) is 17.2. The molecular weight excluding hydrogens is 556 g/mol. The molecule has 2 rings (SSSR count). The fourth-order valence-electron chi connectivity index (χ4n) is 3.57. The number of hydrogen-bond acceptors (Lipinski definition) is 9. The van der Waals surface area contributed by atoms with Gasteiger partial charge in [0.25, 0.3) is 0 Å². The lowest BCUT2D eigenvalue weighted by atomic mass is 10.2. The number of hydrogen-bond donors (Lipinski definition) is 3. The lowest BCUT2D eigenvalue weighted by Crippen LogP contribution is -2.41. The van der Waals surface area contributed by atoms with Crippen LogP contribution in [-0.2, 0) is 36.9 Å². The molecule has 0 unspecified atom stereocenters. The summed E-state index contributed by atoms with van der Waals surface area (Å²) in [5.74, 6) is 0. The predicted molar refractivity (Wildman–Crippen MR) is 162 cm³/mol. The Morgan fingerprint density at radius 2 is 1.07 bits per heavy atom. The lowest BCUT2D eigenvalue weighted by Gasteiger charge is -2.22. The molecule has 0 aromatic heterocycles. The van der Waals surface area contributed by atoms with E-state index in [0.29, 0.717) is 65.7 Å². The number of alkyl carbamates (subject to hydrolysis) is 3. The Morgan fingerprint density at radius 1 is 0.605 bits per heavy atom. The van der Waals surface area contributed by atoms with Crippen LogP contribution < -0.4 is 16.0 Å². The van der Waals surface area contributed by atoms with Crippen molar-refractivity contribution in [3.8, 4) is 0 Å². The summed E-state index contributed by atoms with van der Waals surface area (Å²) in [6.07, 6.45) is -1.48. The fourth-order valence-corrected chi connectivity index (χ4v) is 3.57. The SMILES string of the molecule is CC(C)(C)OC(=O)NCCOCCOCCN(CCNC(=O)OCc1ccccc1)CCNC(=O)OCc1ccccc1. The van der Waals surface area contributed by atoms with Gasteiger partial charge in [0.15, 0.2) is 0 Å². The van der Waals surface area contributed by atoms with E-state index in [1.807, 2.05) is 60.7 Å². The van der Waals surface area contributed by atoms with Crippen molar-refractivity contribution >= 4 is 18.3 Å². The molecule has 0 bridgehead atoms. The van der Waals surface area contributed by atoms with E-state index in [1.165, 1.54) is 0 Å². The third-order valence-corrected chi connectivity index (χ3v) is 5.66. The maximum atomic E-state index is 12.1. The number of carbonyl (C=O) groups excluding carboxylic acids is 3. The summed E-state index contributed by atoms with van der Waals surface area (Å²) in [5, 5.41) is 8.15. The normalized spacial score (nSPS) is 11.1. The van der Waals surface area contributed by atoms with Gasteiger partial charge in [-0.05, 0) is 31.9 Å². The maximum Gasteiger partial charge on any atom is 0.407 e. The Balaban J connectivity index is 1.64. The maximum absolute atomic E-state index is 12.1. The minimum absolute atomic E-state index is 0.193. The Morgan fingerprint density at radius 3 is 1.56 bits per heavy atom. The molecule has 43 heavy (non-hydrogen) atoms. The highest BCUT2D eigenvalue weighted by atomic mass is 16.6. The van der Waals surface area contributed by atoms with E-state index in [0.717, 1.165) is 11.1 Å². The van der Waals surface area contributed by atoms with Crippen molar-refractivity contribution in [1.29, 1.82) is 0 Å². The van der Waals surface area contributed by atoms with Crippen LogP contribution in [0.2, 0.25) is 0 Å². The predicted octanol–water partition coefficient (Wildman–Crippen LogP) is 3.70. The van der Waals surface area contributed by atoms with Crippen LogP contribution in [0.1, 0.15) is 31.9 Å². The number of ether oxygens (including phenoxy) is 5. The molecule has 12 nitrogen and oxygen atoms in total. The molecule has 2 aromatic carbocycles. The molecule has 3 amide bonds. The molecule has 0 radical (unpaired) electrons. The van der Waals surface area contributed by atoms with Crippen molar-refractivity contribution in [2.45, 2.75) is 39.6 Å². The first-order valence-electron chi connectivity index (χ1n) is 14.4. The first kappa shape index (κ1) is 35.3. The molecule has 0 saturated heterocycles. The van der Waals surface area contributed by atoms with Gasteiger partial charge in [0.2, 0.25) is 0 Å². The highest BCUT2D eigenvalue weighted by molar-refractivity contribution is 5.68. The average molecular weight is 603 g/mol. The van der Waals surface area contributed by atoms with E-state index in [9.17, 15) is 14.4 Å². The van der Waals surface area contributed by atoms with Crippen molar-refractivity contribution in [3.63, 3.8) is 0 Å². The Bertz CT molecular complexity index is 989. The summed E-state index contributed by atoms with van der Waals surface area (Å²) in [6, 6.07) is 18.9. The second-order valence-electron chi connectivity index (χ2n) is 10.5. The zero-order valence-corrected chi connectivity index (χ0v) is 25.5. The van der Waals surface area contributed by atoms with Crippen LogP contribution in [0.4, 0.5) is 14.4 Å². The molecule has 0 aliphatic rings. The topological polar surface area (TPSA) is 137 Å². The van der Waals surface area contributed by atoms with E-state index < -0.39 is 23.9 Å². The molecule has 0 aliphatic carbocycles. The Hall–Kier alpha value is -3.87. The first-order chi connectivity index (χ1) is 20.7. The Labute approximate surface area is 254 Å². The second kappa shape index (κ2) is 20.9. The standard InChI is InChI=1S/C31H46N4O8/c1-31(2,3)43-30(38)34-16-20-39-22-23-40-21-19-35(17-14-32-28(36)41-24-26-10-6-4-7-11-26)18-15-33-29(37)42-25-27-12-8-5-9-13-27/h4-13H,14-25H2,1-3H3,(H,32,36)(H,33,37)(H,34,38). The third-order valence-electron chi connectivity index (χ3n) is 5.66. The molecule has 0 heterocycles. The highest BCUT2D eigenvalue weighted by Crippen LogP contribution is 2.06. The minimum atomic E-state index is -0.546. The monoisotopic (exact) mass is 602 g/mol. The van der Waals surface area contributed by atoms with Crippen LogP contribution in [0.15, 0.2) is 60.7 Å². The highest BCUT2D eigenvalue weighted by Gasteiger charge is 2.15. The smallest absolute Gasteiger partial charge is 0.407 e. The summed E-state index contributed by atoms with van der Waals surface area (Å²) in [4.78, 5) is 37.9. The molecule has 0 saturated carbocycles. The molecule has 2 aromatic rings. The van der Waals surface area contributed by atoms with Crippen molar-refractivity contribution in [2.24, 2.45) is 0 Å². The largest absolute Gasteiger partial charge is 0.445 e. The van der Waals surface area contributed by atoms with Crippen LogP contribution in [0, 0.1) is 0 Å². The van der Waals surface area contributed by atoms with Crippen molar-refractivity contribution in [2.75, 3.05) is 65.7 Å². The third kappa shape index (κ3) is 19.0. The quantitative estimate of drug-likeness (QED) is 0.162. The van der Waals surface area contributed by atoms with E-state index in [4.69, 9.17) is 23.7 Å². The van der Waals surface area contributed by atoms with Crippen LogP contribution in [0.3, 0.4) is 0 Å². The van der Waals surface area contributed by atoms with Crippen molar-refractivity contribution in [3.05, 3.63) is 71.8 Å². The molecule has 0 spiro atoms. The average Bonchev–Trinajstić information content (AvgIpc) is 2.98. The van der Waals surface area contributed by atoms with Gasteiger partial charge in [0, 0.05) is 39.3 Å². The van der Waals surface area contributed by atoms with Gasteiger partial charge in [-0.25, -0.2) is 14.4 Å². The minimum Gasteiger partial charge on any atom is -0.445 e. The fraction of sp³-hybridized carbons (Fsp3) is 0.516. The summed E-state index contributed by atoms with van der Waals surface area (Å²) in [5.41, 5.74) is 1.27. The first-order valence-corrected chi connectivity index (χ1v) is 14.4. The zero-order chi connectivity index (χ0) is 31.2. The molecule has 0 atom stereocenters. The van der Waals surface area contributed by atoms with E-state index in [-0.39, 0.29) is 13.2 Å². The number of rotatable bonds is 19. The van der Waals surface area contributed by atoms with E-state index in [1.54, 1.807) is 20.8 Å². The van der Waals surface area contributed by atoms with Gasteiger partial charge in [0.05, 0.1) is 26.4 Å². The van der Waals surface area contributed by atoms with Gasteiger partial charge in [0.1, 0.15) is 18.8 Å². The summed E-state index contributed by atoms with van der Waals surface area (Å²) in [7, 11) is 0. The summed E-state index contributed by atoms with van der Waals surface area (Å²) in [6.45, 7) is 10.00. The van der Waals surface area contributed by atoms with Crippen LogP contribution in [0.25, 0.3) is 0 Å². The number of amides is 3. The number of benzene rings is 2. The van der Waals surface area contributed by atoms with Crippen LogP contribution in [-0.4, -0.2) is 94.5 Å². The number of carbonyl (C=O) groups is 3. The molecular formula is C31H46N4O8.